The lowest BCUT2D eigenvalue weighted by molar-refractivity contribution is -0.118. The molecule has 1 aliphatic rings. The van der Waals surface area contributed by atoms with Gasteiger partial charge < -0.3 is 16.4 Å². The van der Waals surface area contributed by atoms with E-state index in [1.54, 1.807) is 12.1 Å². The number of nitrogens with two attached hydrogens (primary N) is 1. The van der Waals surface area contributed by atoms with Gasteiger partial charge in [-0.15, -0.1) is 12.4 Å². The number of fused-ring (bicyclic) bond motifs is 1. The van der Waals surface area contributed by atoms with Crippen LogP contribution in [0, 0.1) is 5.92 Å². The zero-order chi connectivity index (χ0) is 14.0. The maximum atomic E-state index is 12.0. The third kappa shape index (κ3) is 3.29. The molecule has 5 nitrogen and oxygen atoms in total. The second-order valence-corrected chi connectivity index (χ2v) is 4.96. The summed E-state index contributed by atoms with van der Waals surface area (Å²) in [6.07, 6.45) is 0.848. The van der Waals surface area contributed by atoms with E-state index in [9.17, 15) is 9.59 Å². The SMILES string of the molecule is CCC(C)C(N)C(=O)Nc1ccc2c(c1)C(=O)NC2.Cl. The molecule has 1 heterocycles. The van der Waals surface area contributed by atoms with Crippen molar-refractivity contribution < 1.29 is 9.59 Å². The van der Waals surface area contributed by atoms with Crippen LogP contribution in [0.3, 0.4) is 0 Å². The predicted octanol–water partition coefficient (Wildman–Crippen LogP) is 1.66. The van der Waals surface area contributed by atoms with Crippen LogP contribution in [0.1, 0.15) is 36.2 Å². The van der Waals surface area contributed by atoms with E-state index in [1.807, 2.05) is 19.9 Å². The summed E-state index contributed by atoms with van der Waals surface area (Å²) < 4.78 is 0. The fraction of sp³-hybridized carbons (Fsp3) is 0.429. The molecule has 2 unspecified atom stereocenters. The molecule has 6 heteroatoms. The van der Waals surface area contributed by atoms with Gasteiger partial charge in [-0.2, -0.15) is 0 Å². The Morgan fingerprint density at radius 1 is 1.50 bits per heavy atom. The predicted molar refractivity (Wildman–Crippen MR) is 80.9 cm³/mol. The van der Waals surface area contributed by atoms with Crippen molar-refractivity contribution in [2.45, 2.75) is 32.9 Å². The van der Waals surface area contributed by atoms with Crippen molar-refractivity contribution in [3.8, 4) is 0 Å². The number of halogens is 1. The Morgan fingerprint density at radius 3 is 2.85 bits per heavy atom. The first-order valence-corrected chi connectivity index (χ1v) is 6.50. The molecule has 2 rings (SSSR count). The number of amides is 2. The molecule has 0 saturated carbocycles. The van der Waals surface area contributed by atoms with Gasteiger partial charge in [0.15, 0.2) is 0 Å². The Kier molecular flexibility index (Phi) is 5.53. The van der Waals surface area contributed by atoms with Gasteiger partial charge in [0, 0.05) is 17.8 Å². The number of benzene rings is 1. The molecule has 110 valence electrons. The van der Waals surface area contributed by atoms with E-state index in [4.69, 9.17) is 5.73 Å². The van der Waals surface area contributed by atoms with Crippen LogP contribution in [-0.2, 0) is 11.3 Å². The largest absolute Gasteiger partial charge is 0.348 e. The van der Waals surface area contributed by atoms with E-state index in [0.29, 0.717) is 17.8 Å². The van der Waals surface area contributed by atoms with E-state index in [-0.39, 0.29) is 30.1 Å². The second-order valence-electron chi connectivity index (χ2n) is 4.96. The van der Waals surface area contributed by atoms with Gasteiger partial charge in [0.25, 0.3) is 5.91 Å². The number of hydrogen-bond acceptors (Lipinski definition) is 3. The lowest BCUT2D eigenvalue weighted by Crippen LogP contribution is -2.40. The van der Waals surface area contributed by atoms with Gasteiger partial charge in [-0.3, -0.25) is 9.59 Å². The van der Waals surface area contributed by atoms with Gasteiger partial charge in [-0.05, 0) is 23.6 Å². The Labute approximate surface area is 124 Å². The summed E-state index contributed by atoms with van der Waals surface area (Å²) in [4.78, 5) is 23.5. The molecule has 0 radical (unpaired) electrons. The quantitative estimate of drug-likeness (QED) is 0.790. The summed E-state index contributed by atoms with van der Waals surface area (Å²) in [5, 5.41) is 5.50. The van der Waals surface area contributed by atoms with Crippen molar-refractivity contribution in [3.63, 3.8) is 0 Å². The Morgan fingerprint density at radius 2 is 2.20 bits per heavy atom. The summed E-state index contributed by atoms with van der Waals surface area (Å²) in [5.74, 6) is -0.192. The number of carbonyl (C=O) groups is 2. The van der Waals surface area contributed by atoms with Crippen molar-refractivity contribution in [2.75, 3.05) is 5.32 Å². The average Bonchev–Trinajstić information content (AvgIpc) is 2.78. The van der Waals surface area contributed by atoms with Crippen molar-refractivity contribution in [2.24, 2.45) is 11.7 Å². The van der Waals surface area contributed by atoms with Crippen LogP contribution in [0.2, 0.25) is 0 Å². The standard InChI is InChI=1S/C14H19N3O2.ClH/c1-3-8(2)12(15)14(19)17-10-5-4-9-7-16-13(18)11(9)6-10;/h4-6,8,12H,3,7,15H2,1-2H3,(H,16,18)(H,17,19);1H. The van der Waals surface area contributed by atoms with Crippen molar-refractivity contribution in [1.82, 2.24) is 5.32 Å². The third-order valence-electron chi connectivity index (χ3n) is 3.62. The molecule has 1 aliphatic heterocycles. The monoisotopic (exact) mass is 297 g/mol. The molecular weight excluding hydrogens is 278 g/mol. The molecule has 0 spiro atoms. The Bertz CT molecular complexity index is 519. The van der Waals surface area contributed by atoms with Crippen LogP contribution in [0.4, 0.5) is 5.69 Å². The minimum Gasteiger partial charge on any atom is -0.348 e. The first-order chi connectivity index (χ1) is 9.02. The van der Waals surface area contributed by atoms with Gasteiger partial charge in [0.1, 0.15) is 0 Å². The van der Waals surface area contributed by atoms with Gasteiger partial charge >= 0.3 is 0 Å². The van der Waals surface area contributed by atoms with E-state index >= 15 is 0 Å². The van der Waals surface area contributed by atoms with Crippen LogP contribution in [0.25, 0.3) is 0 Å². The average molecular weight is 298 g/mol. The molecular formula is C14H20ClN3O2. The molecule has 20 heavy (non-hydrogen) atoms. The topological polar surface area (TPSA) is 84.2 Å². The molecule has 1 aromatic rings. The molecule has 0 aliphatic carbocycles. The number of anilines is 1. The lowest BCUT2D eigenvalue weighted by atomic mass is 9.99. The zero-order valence-electron chi connectivity index (χ0n) is 11.6. The van der Waals surface area contributed by atoms with Crippen LogP contribution >= 0.6 is 12.4 Å². The Balaban J connectivity index is 0.00000200. The number of nitrogens with one attached hydrogen (secondary N) is 2. The van der Waals surface area contributed by atoms with E-state index < -0.39 is 6.04 Å². The summed E-state index contributed by atoms with van der Waals surface area (Å²) in [6, 6.07) is 4.80. The summed E-state index contributed by atoms with van der Waals surface area (Å²) >= 11 is 0. The summed E-state index contributed by atoms with van der Waals surface area (Å²) in [5.41, 5.74) is 8.05. The minimum atomic E-state index is -0.535. The molecule has 1 aromatic carbocycles. The van der Waals surface area contributed by atoms with E-state index in [0.717, 1.165) is 12.0 Å². The zero-order valence-corrected chi connectivity index (χ0v) is 12.4. The summed E-state index contributed by atoms with van der Waals surface area (Å²) in [6.45, 7) is 4.49. The van der Waals surface area contributed by atoms with Gasteiger partial charge in [0.2, 0.25) is 5.91 Å². The summed E-state index contributed by atoms with van der Waals surface area (Å²) in [7, 11) is 0. The maximum Gasteiger partial charge on any atom is 0.251 e. The van der Waals surface area contributed by atoms with Crippen molar-refractivity contribution in [1.29, 1.82) is 0 Å². The Hall–Kier alpha value is -1.59. The highest BCUT2D eigenvalue weighted by Gasteiger charge is 2.22. The molecule has 0 bridgehead atoms. The van der Waals surface area contributed by atoms with Gasteiger partial charge in [0.05, 0.1) is 6.04 Å². The van der Waals surface area contributed by atoms with Crippen LogP contribution in [0.5, 0.6) is 0 Å². The highest BCUT2D eigenvalue weighted by Crippen LogP contribution is 2.20. The van der Waals surface area contributed by atoms with E-state index in [1.165, 1.54) is 0 Å². The molecule has 0 fully saturated rings. The number of carbonyl (C=O) groups excluding carboxylic acids is 2. The first-order valence-electron chi connectivity index (χ1n) is 6.50. The first kappa shape index (κ1) is 16.5. The molecule has 4 N–H and O–H groups in total. The molecule has 2 atom stereocenters. The number of rotatable bonds is 4. The van der Waals surface area contributed by atoms with Crippen LogP contribution in [-0.4, -0.2) is 17.9 Å². The molecule has 0 aromatic heterocycles. The fourth-order valence-electron chi connectivity index (χ4n) is 2.03. The third-order valence-corrected chi connectivity index (χ3v) is 3.62. The van der Waals surface area contributed by atoms with Crippen molar-refractivity contribution in [3.05, 3.63) is 29.3 Å². The highest BCUT2D eigenvalue weighted by atomic mass is 35.5. The second kappa shape index (κ2) is 6.72. The number of hydrogen-bond donors (Lipinski definition) is 3. The van der Waals surface area contributed by atoms with Crippen molar-refractivity contribution >= 4 is 29.9 Å². The van der Waals surface area contributed by atoms with Gasteiger partial charge in [-0.1, -0.05) is 26.3 Å². The fourth-order valence-corrected chi connectivity index (χ4v) is 2.03. The van der Waals surface area contributed by atoms with Crippen LogP contribution in [0.15, 0.2) is 18.2 Å². The highest BCUT2D eigenvalue weighted by molar-refractivity contribution is 6.01. The van der Waals surface area contributed by atoms with E-state index in [2.05, 4.69) is 10.6 Å². The van der Waals surface area contributed by atoms with Crippen LogP contribution < -0.4 is 16.4 Å². The minimum absolute atomic E-state index is 0. The lowest BCUT2D eigenvalue weighted by Gasteiger charge is -2.17. The van der Waals surface area contributed by atoms with Gasteiger partial charge in [-0.25, -0.2) is 0 Å². The smallest absolute Gasteiger partial charge is 0.251 e. The normalized spacial score (nSPS) is 15.7. The molecule has 0 saturated heterocycles. The maximum absolute atomic E-state index is 12.0. The molecule has 2 amide bonds.